The van der Waals surface area contributed by atoms with E-state index in [-0.39, 0.29) is 11.5 Å². The van der Waals surface area contributed by atoms with Gasteiger partial charge in [-0.3, -0.25) is 5.41 Å². The van der Waals surface area contributed by atoms with Gasteiger partial charge in [-0.2, -0.15) is 15.8 Å². The number of nitriles is 3. The van der Waals surface area contributed by atoms with Gasteiger partial charge < -0.3 is 23.7 Å². The molecule has 2 aromatic carbocycles. The minimum absolute atomic E-state index is 0.285. The van der Waals surface area contributed by atoms with E-state index in [1.54, 1.807) is 31.2 Å². The molecule has 2 aliphatic rings. The van der Waals surface area contributed by atoms with Gasteiger partial charge >= 0.3 is 0 Å². The monoisotopic (exact) mass is 472 g/mol. The molecule has 1 N–H and O–H groups in total. The average molecular weight is 473 g/mol. The fourth-order valence-electron chi connectivity index (χ4n) is 5.21. The fraction of sp³-hybridized carbons (Fsp3) is 0.385. The van der Waals surface area contributed by atoms with Crippen molar-refractivity contribution in [2.24, 2.45) is 16.7 Å². The Morgan fingerprint density at radius 3 is 1.94 bits per heavy atom. The highest BCUT2D eigenvalue weighted by Gasteiger charge is 2.79. The molecule has 0 aliphatic carbocycles. The summed E-state index contributed by atoms with van der Waals surface area (Å²) in [6.45, 7) is 3.60. The first-order chi connectivity index (χ1) is 16.7. The summed E-state index contributed by atoms with van der Waals surface area (Å²) in [5.74, 6) is -2.03. The van der Waals surface area contributed by atoms with Crippen LogP contribution in [0.3, 0.4) is 0 Å². The van der Waals surface area contributed by atoms with Crippen molar-refractivity contribution in [2.75, 3.05) is 21.3 Å². The molecule has 2 heterocycles. The van der Waals surface area contributed by atoms with E-state index in [0.717, 1.165) is 5.56 Å². The van der Waals surface area contributed by atoms with Crippen molar-refractivity contribution in [3.8, 4) is 35.5 Å². The smallest absolute Gasteiger partial charge is 0.244 e. The number of aryl methyl sites for hydroxylation is 1. The minimum Gasteiger partial charge on any atom is -0.493 e. The van der Waals surface area contributed by atoms with Crippen molar-refractivity contribution in [3.05, 3.63) is 53.1 Å². The molecule has 0 aromatic heterocycles. The maximum atomic E-state index is 10.5. The normalized spacial score (nSPS) is 28.1. The third kappa shape index (κ3) is 2.84. The number of nitrogens with zero attached hydrogens (tertiary/aromatic N) is 3. The Labute approximate surface area is 203 Å². The lowest BCUT2D eigenvalue weighted by Crippen LogP contribution is -2.57. The van der Waals surface area contributed by atoms with Crippen LogP contribution < -0.4 is 14.2 Å². The lowest BCUT2D eigenvalue weighted by atomic mass is 9.53. The highest BCUT2D eigenvalue weighted by Crippen LogP contribution is 2.69. The predicted octanol–water partition coefficient (Wildman–Crippen LogP) is 4.13. The molecule has 2 aliphatic heterocycles. The Morgan fingerprint density at radius 2 is 1.49 bits per heavy atom. The Hall–Kier alpha value is -4.26. The molecular formula is C26H24N4O5. The summed E-state index contributed by atoms with van der Waals surface area (Å²) >= 11 is 0. The zero-order valence-electron chi connectivity index (χ0n) is 20.0. The van der Waals surface area contributed by atoms with Crippen molar-refractivity contribution in [1.29, 1.82) is 21.2 Å². The average Bonchev–Trinajstić information content (AvgIpc) is 3.04. The molecule has 0 saturated carbocycles. The summed E-state index contributed by atoms with van der Waals surface area (Å²) in [5, 5.41) is 40.0. The first-order valence-electron chi connectivity index (χ1n) is 10.8. The van der Waals surface area contributed by atoms with Crippen LogP contribution >= 0.6 is 0 Å². The van der Waals surface area contributed by atoms with Crippen LogP contribution in [0.4, 0.5) is 0 Å². The van der Waals surface area contributed by atoms with E-state index in [4.69, 9.17) is 29.1 Å². The second-order valence-corrected chi connectivity index (χ2v) is 8.59. The number of nitrogens with one attached hydrogen (secondary N) is 1. The number of rotatable bonds is 5. The number of ether oxygens (including phenoxy) is 5. The number of hydrogen-bond acceptors (Lipinski definition) is 9. The van der Waals surface area contributed by atoms with Crippen LogP contribution in [0.25, 0.3) is 0 Å². The van der Waals surface area contributed by atoms with E-state index in [2.05, 4.69) is 6.07 Å². The van der Waals surface area contributed by atoms with E-state index < -0.39 is 34.5 Å². The van der Waals surface area contributed by atoms with E-state index in [1.807, 2.05) is 31.2 Å². The number of benzene rings is 2. The van der Waals surface area contributed by atoms with Crippen molar-refractivity contribution in [3.63, 3.8) is 0 Å². The SMILES string of the molecule is COc1cc(C2OC3(c4ccc(C)cc4)OC(=N)C(C#N)(C3C)C2(C#N)C#N)cc(OC)c1OC. The maximum Gasteiger partial charge on any atom is 0.244 e. The molecule has 2 fully saturated rings. The third-order valence-electron chi connectivity index (χ3n) is 7.11. The summed E-state index contributed by atoms with van der Waals surface area (Å²) in [5.41, 5.74) is -2.13. The lowest BCUT2D eigenvalue weighted by Gasteiger charge is -2.48. The van der Waals surface area contributed by atoms with Gasteiger partial charge in [0.25, 0.3) is 0 Å². The fourth-order valence-corrected chi connectivity index (χ4v) is 5.21. The summed E-state index contributed by atoms with van der Waals surface area (Å²) in [6.07, 6.45) is -1.30. The van der Waals surface area contributed by atoms with Gasteiger partial charge in [0.05, 0.1) is 45.5 Å². The minimum atomic E-state index is -2.12. The van der Waals surface area contributed by atoms with E-state index >= 15 is 0 Å². The van der Waals surface area contributed by atoms with Gasteiger partial charge in [0.15, 0.2) is 16.9 Å². The molecular weight excluding hydrogens is 448 g/mol. The van der Waals surface area contributed by atoms with Gasteiger partial charge in [-0.15, -0.1) is 0 Å². The quantitative estimate of drug-likeness (QED) is 0.684. The van der Waals surface area contributed by atoms with Crippen molar-refractivity contribution < 1.29 is 23.7 Å². The Morgan fingerprint density at radius 1 is 0.914 bits per heavy atom. The Balaban J connectivity index is 2.06. The number of fused-ring (bicyclic) bond motifs is 2. The standard InChI is InChI=1S/C26H24N4O5/c1-15-6-8-18(9-7-15)26-16(2)25(14-29,23(30)35-26)24(12-27,13-28)22(34-26)17-10-19(31-3)21(33-5)20(11-17)32-4/h6-11,16,22,30H,1-5H3. The summed E-state index contributed by atoms with van der Waals surface area (Å²) in [4.78, 5) is 0. The second-order valence-electron chi connectivity index (χ2n) is 8.59. The molecule has 9 heteroatoms. The zero-order valence-corrected chi connectivity index (χ0v) is 20.0. The van der Waals surface area contributed by atoms with Gasteiger partial charge in [0.2, 0.25) is 22.8 Å². The topological polar surface area (TPSA) is 141 Å². The van der Waals surface area contributed by atoms with Crippen LogP contribution in [0.2, 0.25) is 0 Å². The molecule has 4 unspecified atom stereocenters. The van der Waals surface area contributed by atoms with Crippen LogP contribution in [0.1, 0.15) is 29.7 Å². The Kier molecular flexibility index (Phi) is 5.59. The molecule has 35 heavy (non-hydrogen) atoms. The van der Waals surface area contributed by atoms with Gasteiger partial charge in [0, 0.05) is 5.56 Å². The molecule has 2 aromatic rings. The van der Waals surface area contributed by atoms with Gasteiger partial charge in [-0.05, 0) is 24.6 Å². The van der Waals surface area contributed by atoms with E-state index in [1.165, 1.54) is 21.3 Å². The van der Waals surface area contributed by atoms with Gasteiger partial charge in [-0.25, -0.2) is 0 Å². The molecule has 2 bridgehead atoms. The molecule has 0 spiro atoms. The van der Waals surface area contributed by atoms with Gasteiger partial charge in [0.1, 0.15) is 6.10 Å². The largest absolute Gasteiger partial charge is 0.493 e. The summed E-state index contributed by atoms with van der Waals surface area (Å²) in [7, 11) is 4.35. The summed E-state index contributed by atoms with van der Waals surface area (Å²) < 4.78 is 28.9. The first-order valence-corrected chi connectivity index (χ1v) is 10.8. The lowest BCUT2D eigenvalue weighted by molar-refractivity contribution is -0.288. The third-order valence-corrected chi connectivity index (χ3v) is 7.11. The van der Waals surface area contributed by atoms with E-state index in [9.17, 15) is 15.8 Å². The molecule has 4 rings (SSSR count). The summed E-state index contributed by atoms with van der Waals surface area (Å²) in [6, 6.07) is 16.7. The van der Waals surface area contributed by atoms with Crippen LogP contribution in [0.15, 0.2) is 36.4 Å². The van der Waals surface area contributed by atoms with Crippen LogP contribution in [0, 0.1) is 63.1 Å². The molecule has 0 radical (unpaired) electrons. The zero-order chi connectivity index (χ0) is 25.6. The van der Waals surface area contributed by atoms with Crippen LogP contribution in [-0.4, -0.2) is 27.2 Å². The van der Waals surface area contributed by atoms with Crippen molar-refractivity contribution in [1.82, 2.24) is 0 Å². The molecule has 2 saturated heterocycles. The molecule has 178 valence electrons. The highest BCUT2D eigenvalue weighted by atomic mass is 16.7. The molecule has 0 amide bonds. The number of hydrogen-bond donors (Lipinski definition) is 1. The van der Waals surface area contributed by atoms with Crippen LogP contribution in [-0.2, 0) is 15.3 Å². The van der Waals surface area contributed by atoms with Crippen molar-refractivity contribution in [2.45, 2.75) is 25.7 Å². The number of methoxy groups -OCH3 is 3. The highest BCUT2D eigenvalue weighted by molar-refractivity contribution is 5.89. The second kappa shape index (κ2) is 8.20. The predicted molar refractivity (Wildman–Crippen MR) is 122 cm³/mol. The molecule has 9 nitrogen and oxygen atoms in total. The van der Waals surface area contributed by atoms with Crippen molar-refractivity contribution >= 4 is 5.90 Å². The Bertz CT molecular complexity index is 1280. The van der Waals surface area contributed by atoms with Crippen LogP contribution in [0.5, 0.6) is 17.2 Å². The maximum absolute atomic E-state index is 10.5. The first kappa shape index (κ1) is 23.9. The molecule has 4 atom stereocenters. The van der Waals surface area contributed by atoms with Gasteiger partial charge in [-0.1, -0.05) is 36.8 Å². The van der Waals surface area contributed by atoms with E-state index in [0.29, 0.717) is 16.9 Å².